The monoisotopic (exact) mass is 284 g/mol. The summed E-state index contributed by atoms with van der Waals surface area (Å²) in [6, 6.07) is 4.55. The quantitative estimate of drug-likeness (QED) is 0.683. The van der Waals surface area contributed by atoms with Gasteiger partial charge in [-0.15, -0.1) is 6.58 Å². The van der Waals surface area contributed by atoms with E-state index >= 15 is 0 Å². The van der Waals surface area contributed by atoms with Crippen molar-refractivity contribution >= 4 is 16.5 Å². The third-order valence-corrected chi connectivity index (χ3v) is 5.18. The van der Waals surface area contributed by atoms with Crippen LogP contribution in [0.5, 0.6) is 0 Å². The molecule has 1 aromatic rings. The molecule has 0 aliphatic carbocycles. The van der Waals surface area contributed by atoms with Crippen LogP contribution < -0.4 is 5.73 Å². The Balaban J connectivity index is 2.20. The summed E-state index contributed by atoms with van der Waals surface area (Å²) in [4.78, 5) is 0. The van der Waals surface area contributed by atoms with Gasteiger partial charge in [-0.2, -0.15) is 0 Å². The Morgan fingerprint density at radius 2 is 2.26 bits per heavy atom. The summed E-state index contributed by atoms with van der Waals surface area (Å²) in [6.07, 6.45) is 1.97. The molecule has 6 heteroatoms. The fraction of sp³-hybridized carbons (Fsp3) is 0.385. The van der Waals surface area contributed by atoms with E-state index in [-0.39, 0.29) is 30.6 Å². The van der Waals surface area contributed by atoms with Crippen LogP contribution in [0.1, 0.15) is 17.9 Å². The van der Waals surface area contributed by atoms with Crippen molar-refractivity contribution in [2.24, 2.45) is 0 Å². The van der Waals surface area contributed by atoms with Gasteiger partial charge in [-0.1, -0.05) is 12.1 Å². The fourth-order valence-electron chi connectivity index (χ4n) is 2.33. The summed E-state index contributed by atoms with van der Waals surface area (Å²) in [5.74, 6) is -0.470. The second-order valence-corrected chi connectivity index (χ2v) is 6.78. The van der Waals surface area contributed by atoms with E-state index < -0.39 is 10.8 Å². The van der Waals surface area contributed by atoms with E-state index in [0.29, 0.717) is 17.7 Å². The molecule has 1 aromatic carbocycles. The van der Waals surface area contributed by atoms with Crippen LogP contribution in [0, 0.1) is 5.82 Å². The molecular formula is C13H17FN2O2S-2. The van der Waals surface area contributed by atoms with Crippen molar-refractivity contribution in [3.8, 4) is 0 Å². The van der Waals surface area contributed by atoms with Crippen LogP contribution in [0.4, 0.5) is 10.1 Å². The predicted octanol–water partition coefficient (Wildman–Crippen LogP) is 2.36. The van der Waals surface area contributed by atoms with Crippen molar-refractivity contribution in [3.05, 3.63) is 42.2 Å². The Kier molecular flexibility index (Phi) is 4.15. The summed E-state index contributed by atoms with van der Waals surface area (Å²) in [6.45, 7) is 4.10. The van der Waals surface area contributed by atoms with Crippen molar-refractivity contribution in [1.82, 2.24) is 4.31 Å². The lowest BCUT2D eigenvalue weighted by Crippen LogP contribution is -2.38. The maximum Gasteiger partial charge on any atom is 0.128 e. The highest BCUT2D eigenvalue weighted by molar-refractivity contribution is 8.22. The minimum atomic E-state index is -3.23. The van der Waals surface area contributed by atoms with E-state index in [1.165, 1.54) is 10.4 Å². The zero-order valence-corrected chi connectivity index (χ0v) is 11.4. The van der Waals surface area contributed by atoms with Crippen molar-refractivity contribution in [3.63, 3.8) is 0 Å². The smallest absolute Gasteiger partial charge is 0.128 e. The van der Waals surface area contributed by atoms with Gasteiger partial charge in [0.2, 0.25) is 0 Å². The second kappa shape index (κ2) is 5.50. The molecule has 1 saturated heterocycles. The highest BCUT2D eigenvalue weighted by Gasteiger charge is 2.25. The number of sulfonamides is 1. The topological polar surface area (TPSA) is 75.4 Å². The zero-order valence-electron chi connectivity index (χ0n) is 10.5. The number of anilines is 1. The minimum absolute atomic E-state index is 0.0370. The minimum Gasteiger partial charge on any atom is -0.787 e. The maximum absolute atomic E-state index is 13.9. The molecule has 0 saturated carbocycles. The van der Waals surface area contributed by atoms with Crippen LogP contribution in [0.2, 0.25) is 0 Å². The molecule has 2 N–H and O–H groups in total. The van der Waals surface area contributed by atoms with Crippen molar-refractivity contribution < 1.29 is 13.5 Å². The molecule has 1 atom stereocenters. The predicted molar refractivity (Wildman–Crippen MR) is 74.0 cm³/mol. The van der Waals surface area contributed by atoms with Gasteiger partial charge < -0.3 is 25.6 Å². The first-order valence-corrected chi connectivity index (χ1v) is 7.68. The van der Waals surface area contributed by atoms with Gasteiger partial charge in [-0.05, 0) is 29.9 Å². The average molecular weight is 284 g/mol. The number of hydrogen-bond acceptors (Lipinski definition) is 4. The zero-order chi connectivity index (χ0) is 14.0. The van der Waals surface area contributed by atoms with Crippen LogP contribution in [-0.2, 0) is 0 Å². The van der Waals surface area contributed by atoms with Gasteiger partial charge in [-0.3, -0.25) is 4.31 Å². The van der Waals surface area contributed by atoms with Crippen molar-refractivity contribution in [2.75, 3.05) is 24.6 Å². The van der Waals surface area contributed by atoms with Crippen LogP contribution in [0.3, 0.4) is 0 Å². The number of rotatable bonds is 3. The Hall–Kier alpha value is -1.08. The van der Waals surface area contributed by atoms with Crippen LogP contribution in [0.25, 0.3) is 0 Å². The molecule has 0 radical (unpaired) electrons. The molecule has 0 aromatic heterocycles. The lowest BCUT2D eigenvalue weighted by Gasteiger charge is -2.69. The normalized spacial score (nSPS) is 24.9. The molecule has 1 fully saturated rings. The standard InChI is InChI=1S/C13H19FN2O2S/c1-2-6-16-9-10(5-7-19(16,17)18)12-4-3-11(15)8-13(12)14/h2-4,8,10,17-18H,1,5-7,9,15H2/p-2. The van der Waals surface area contributed by atoms with Gasteiger partial charge in [0, 0.05) is 24.7 Å². The molecule has 1 heterocycles. The summed E-state index contributed by atoms with van der Waals surface area (Å²) in [5.41, 5.74) is 6.41. The van der Waals surface area contributed by atoms with E-state index in [9.17, 15) is 13.5 Å². The van der Waals surface area contributed by atoms with Gasteiger partial charge in [0.25, 0.3) is 0 Å². The molecule has 1 aliphatic rings. The Labute approximate surface area is 114 Å². The summed E-state index contributed by atoms with van der Waals surface area (Å²) < 4.78 is 38.9. The third-order valence-electron chi connectivity index (χ3n) is 3.34. The lowest BCUT2D eigenvalue weighted by molar-refractivity contribution is 0.302. The number of nitrogen functional groups attached to an aromatic ring is 1. The van der Waals surface area contributed by atoms with Gasteiger partial charge in [0.05, 0.1) is 0 Å². The van der Waals surface area contributed by atoms with Crippen LogP contribution in [0.15, 0.2) is 30.9 Å². The molecule has 1 unspecified atom stereocenters. The maximum atomic E-state index is 13.9. The van der Waals surface area contributed by atoms with Gasteiger partial charge in [0.15, 0.2) is 0 Å². The van der Waals surface area contributed by atoms with Gasteiger partial charge in [0.1, 0.15) is 5.82 Å². The molecule has 106 valence electrons. The van der Waals surface area contributed by atoms with Crippen LogP contribution in [-0.4, -0.2) is 32.3 Å². The largest absolute Gasteiger partial charge is 0.787 e. The Morgan fingerprint density at radius 1 is 1.53 bits per heavy atom. The summed E-state index contributed by atoms with van der Waals surface area (Å²) in [5, 5.41) is 0. The highest BCUT2D eigenvalue weighted by Crippen LogP contribution is 2.49. The average Bonchev–Trinajstić information content (AvgIpc) is 2.33. The lowest BCUT2D eigenvalue weighted by atomic mass is 9.95. The van der Waals surface area contributed by atoms with E-state index in [1.54, 1.807) is 18.2 Å². The molecular weight excluding hydrogens is 267 g/mol. The van der Waals surface area contributed by atoms with E-state index in [0.717, 1.165) is 0 Å². The number of hydrogen-bond donors (Lipinski definition) is 1. The van der Waals surface area contributed by atoms with Gasteiger partial charge >= 0.3 is 0 Å². The first-order chi connectivity index (χ1) is 8.94. The highest BCUT2D eigenvalue weighted by atomic mass is 32.3. The number of nitrogens with zero attached hydrogens (tertiary/aromatic N) is 1. The van der Waals surface area contributed by atoms with Crippen molar-refractivity contribution in [1.29, 1.82) is 0 Å². The molecule has 2 rings (SSSR count). The number of halogens is 1. The fourth-order valence-corrected chi connectivity index (χ4v) is 3.91. The summed E-state index contributed by atoms with van der Waals surface area (Å²) in [7, 11) is -3.23. The second-order valence-electron chi connectivity index (χ2n) is 4.69. The molecule has 0 bridgehead atoms. The number of nitrogens with two attached hydrogens (primary N) is 1. The third kappa shape index (κ3) is 3.09. The Morgan fingerprint density at radius 3 is 2.89 bits per heavy atom. The van der Waals surface area contributed by atoms with Crippen molar-refractivity contribution in [2.45, 2.75) is 12.3 Å². The molecule has 4 nitrogen and oxygen atoms in total. The van der Waals surface area contributed by atoms with E-state index in [1.807, 2.05) is 0 Å². The van der Waals surface area contributed by atoms with E-state index in [4.69, 9.17) is 5.73 Å². The first kappa shape index (κ1) is 14.3. The molecule has 0 amide bonds. The first-order valence-electron chi connectivity index (χ1n) is 6.07. The van der Waals surface area contributed by atoms with Crippen LogP contribution >= 0.6 is 10.8 Å². The molecule has 1 aliphatic heterocycles. The summed E-state index contributed by atoms with van der Waals surface area (Å²) >= 11 is 0. The molecule has 0 spiro atoms. The molecule has 19 heavy (non-hydrogen) atoms. The Bertz CT molecular complexity index is 482. The van der Waals surface area contributed by atoms with Gasteiger partial charge in [-0.25, -0.2) is 4.39 Å². The van der Waals surface area contributed by atoms with E-state index in [2.05, 4.69) is 6.58 Å². The number of benzene rings is 1. The SMILES string of the molecule is C=CCN1CC(c2ccc(N)cc2F)CCS1([O-])[O-].